The Morgan fingerprint density at radius 3 is 2.19 bits per heavy atom. The number of fused-ring (bicyclic) bond motifs is 3. The highest BCUT2D eigenvalue weighted by molar-refractivity contribution is 6.31. The molecular formula is C22H17ClO3. The van der Waals surface area contributed by atoms with E-state index >= 15 is 0 Å². The molecule has 1 aliphatic carbocycles. The van der Waals surface area contributed by atoms with E-state index in [0.29, 0.717) is 10.8 Å². The minimum Gasteiger partial charge on any atom is -0.482 e. The molecule has 0 bridgehead atoms. The monoisotopic (exact) mass is 364 g/mol. The Kier molecular flexibility index (Phi) is 4.39. The first-order chi connectivity index (χ1) is 12.6. The van der Waals surface area contributed by atoms with E-state index in [4.69, 9.17) is 21.1 Å². The van der Waals surface area contributed by atoms with Gasteiger partial charge in [0.15, 0.2) is 12.7 Å². The van der Waals surface area contributed by atoms with Crippen molar-refractivity contribution < 1.29 is 14.3 Å². The van der Waals surface area contributed by atoms with Crippen LogP contribution in [0.4, 0.5) is 0 Å². The maximum atomic E-state index is 12.4. The highest BCUT2D eigenvalue weighted by Crippen LogP contribution is 2.45. The van der Waals surface area contributed by atoms with Crippen molar-refractivity contribution in [2.45, 2.75) is 13.0 Å². The maximum Gasteiger partial charge on any atom is 0.345 e. The fourth-order valence-corrected chi connectivity index (χ4v) is 3.37. The van der Waals surface area contributed by atoms with Gasteiger partial charge in [-0.2, -0.15) is 0 Å². The molecule has 0 aliphatic heterocycles. The summed E-state index contributed by atoms with van der Waals surface area (Å²) in [6, 6.07) is 21.3. The zero-order valence-corrected chi connectivity index (χ0v) is 15.0. The second kappa shape index (κ2) is 6.85. The molecule has 0 radical (unpaired) electrons. The molecule has 26 heavy (non-hydrogen) atoms. The second-order valence-electron chi connectivity index (χ2n) is 6.24. The first-order valence-electron chi connectivity index (χ1n) is 8.40. The molecular weight excluding hydrogens is 348 g/mol. The topological polar surface area (TPSA) is 35.5 Å². The zero-order chi connectivity index (χ0) is 18.1. The average molecular weight is 365 g/mol. The number of ether oxygens (including phenoxy) is 2. The molecule has 4 heteroatoms. The molecule has 0 atom stereocenters. The van der Waals surface area contributed by atoms with Crippen molar-refractivity contribution in [3.05, 3.63) is 88.4 Å². The van der Waals surface area contributed by atoms with Gasteiger partial charge in [-0.1, -0.05) is 60.1 Å². The minimum atomic E-state index is -0.408. The van der Waals surface area contributed by atoms with Gasteiger partial charge in [-0.3, -0.25) is 0 Å². The Labute approximate surface area is 157 Å². The number of halogens is 1. The first-order valence-corrected chi connectivity index (χ1v) is 8.78. The molecule has 3 nitrogen and oxygen atoms in total. The standard InChI is InChI=1S/C22H17ClO3/c1-14-12-15(10-11-20(14)23)25-13-21(24)26-22-18-8-4-2-6-16(18)17-7-3-5-9-19(17)22/h2-12,22H,13H2,1H3. The van der Waals surface area contributed by atoms with Crippen molar-refractivity contribution in [2.75, 3.05) is 6.61 Å². The van der Waals surface area contributed by atoms with Crippen LogP contribution in [0.15, 0.2) is 66.7 Å². The van der Waals surface area contributed by atoms with Crippen LogP contribution in [0.2, 0.25) is 5.02 Å². The summed E-state index contributed by atoms with van der Waals surface area (Å²) >= 11 is 6.01. The van der Waals surface area contributed by atoms with E-state index in [1.807, 2.05) is 43.3 Å². The Bertz CT molecular complexity index is 935. The zero-order valence-electron chi connectivity index (χ0n) is 14.2. The summed E-state index contributed by atoms with van der Waals surface area (Å²) in [5, 5.41) is 0.666. The summed E-state index contributed by atoms with van der Waals surface area (Å²) < 4.78 is 11.3. The van der Waals surface area contributed by atoms with Gasteiger partial charge in [0, 0.05) is 16.1 Å². The van der Waals surface area contributed by atoms with E-state index in [-0.39, 0.29) is 6.61 Å². The van der Waals surface area contributed by atoms with Crippen molar-refractivity contribution in [1.29, 1.82) is 0 Å². The number of esters is 1. The Morgan fingerprint density at radius 1 is 0.962 bits per heavy atom. The largest absolute Gasteiger partial charge is 0.482 e. The molecule has 3 aromatic rings. The van der Waals surface area contributed by atoms with Gasteiger partial charge in [0.1, 0.15) is 5.75 Å². The third-order valence-corrected chi connectivity index (χ3v) is 4.94. The molecule has 0 heterocycles. The second-order valence-corrected chi connectivity index (χ2v) is 6.65. The summed E-state index contributed by atoms with van der Waals surface area (Å²) in [5.41, 5.74) is 5.12. The quantitative estimate of drug-likeness (QED) is 0.586. The number of hydrogen-bond acceptors (Lipinski definition) is 3. The molecule has 0 spiro atoms. The third kappa shape index (κ3) is 3.06. The Morgan fingerprint density at radius 2 is 1.58 bits per heavy atom. The molecule has 0 unspecified atom stereocenters. The lowest BCUT2D eigenvalue weighted by molar-refractivity contribution is -0.149. The molecule has 3 aromatic carbocycles. The normalized spacial score (nSPS) is 12.4. The van der Waals surface area contributed by atoms with Gasteiger partial charge >= 0.3 is 5.97 Å². The van der Waals surface area contributed by atoms with Crippen LogP contribution < -0.4 is 4.74 Å². The minimum absolute atomic E-state index is 0.151. The first kappa shape index (κ1) is 16.7. The number of hydrogen-bond donors (Lipinski definition) is 0. The summed E-state index contributed by atoms with van der Waals surface area (Å²) in [6.07, 6.45) is -0.398. The van der Waals surface area contributed by atoms with Gasteiger partial charge in [0.05, 0.1) is 0 Å². The van der Waals surface area contributed by atoms with E-state index in [9.17, 15) is 4.79 Å². The van der Waals surface area contributed by atoms with Crippen LogP contribution in [0.3, 0.4) is 0 Å². The highest BCUT2D eigenvalue weighted by atomic mass is 35.5. The number of aryl methyl sites for hydroxylation is 1. The van der Waals surface area contributed by atoms with Crippen LogP contribution in [-0.4, -0.2) is 12.6 Å². The predicted octanol–water partition coefficient (Wildman–Crippen LogP) is 5.34. The molecule has 0 fully saturated rings. The van der Waals surface area contributed by atoms with Gasteiger partial charge in [0.2, 0.25) is 0 Å². The molecule has 1 aliphatic rings. The van der Waals surface area contributed by atoms with Crippen molar-refractivity contribution in [2.24, 2.45) is 0 Å². The van der Waals surface area contributed by atoms with Crippen molar-refractivity contribution in [1.82, 2.24) is 0 Å². The van der Waals surface area contributed by atoms with E-state index in [1.165, 1.54) is 0 Å². The Balaban J connectivity index is 1.50. The van der Waals surface area contributed by atoms with Gasteiger partial charge in [-0.25, -0.2) is 4.79 Å². The van der Waals surface area contributed by atoms with Crippen LogP contribution in [-0.2, 0) is 9.53 Å². The van der Waals surface area contributed by atoms with Crippen LogP contribution in [0.1, 0.15) is 22.8 Å². The van der Waals surface area contributed by atoms with Crippen molar-refractivity contribution in [3.8, 4) is 16.9 Å². The van der Waals surface area contributed by atoms with Crippen LogP contribution in [0.25, 0.3) is 11.1 Å². The van der Waals surface area contributed by atoms with Crippen molar-refractivity contribution in [3.63, 3.8) is 0 Å². The lowest BCUT2D eigenvalue weighted by Gasteiger charge is -2.15. The SMILES string of the molecule is Cc1cc(OCC(=O)OC2c3ccccc3-c3ccccc32)ccc1Cl. The van der Waals surface area contributed by atoms with Gasteiger partial charge in [0.25, 0.3) is 0 Å². The molecule has 0 saturated heterocycles. The molecule has 0 saturated carbocycles. The summed E-state index contributed by atoms with van der Waals surface area (Å²) in [5.74, 6) is 0.185. The number of rotatable bonds is 4. The van der Waals surface area contributed by atoms with Gasteiger partial charge in [-0.05, 0) is 41.8 Å². The third-order valence-electron chi connectivity index (χ3n) is 4.51. The molecule has 130 valence electrons. The number of carbonyl (C=O) groups excluding carboxylic acids is 1. The molecule has 0 aromatic heterocycles. The van der Waals surface area contributed by atoms with Crippen LogP contribution in [0.5, 0.6) is 5.75 Å². The van der Waals surface area contributed by atoms with Gasteiger partial charge in [-0.15, -0.1) is 0 Å². The lowest BCUT2D eigenvalue weighted by Crippen LogP contribution is -2.18. The van der Waals surface area contributed by atoms with Gasteiger partial charge < -0.3 is 9.47 Å². The van der Waals surface area contributed by atoms with Crippen molar-refractivity contribution >= 4 is 17.6 Å². The maximum absolute atomic E-state index is 12.4. The summed E-state index contributed by atoms with van der Waals surface area (Å²) in [6.45, 7) is 1.74. The fraction of sp³-hybridized carbons (Fsp3) is 0.136. The fourth-order valence-electron chi connectivity index (χ4n) is 3.25. The molecule has 4 rings (SSSR count). The average Bonchev–Trinajstić information content (AvgIpc) is 2.97. The van der Waals surface area contributed by atoms with E-state index in [2.05, 4.69) is 12.1 Å². The predicted molar refractivity (Wildman–Crippen MR) is 101 cm³/mol. The molecule has 0 N–H and O–H groups in total. The molecule has 0 amide bonds. The summed E-state index contributed by atoms with van der Waals surface area (Å²) in [4.78, 5) is 12.4. The number of carbonyl (C=O) groups is 1. The van der Waals surface area contributed by atoms with E-state index < -0.39 is 12.1 Å². The van der Waals surface area contributed by atoms with Crippen LogP contribution >= 0.6 is 11.6 Å². The summed E-state index contributed by atoms with van der Waals surface area (Å²) in [7, 11) is 0. The van der Waals surface area contributed by atoms with Crippen LogP contribution in [0, 0.1) is 6.92 Å². The number of benzene rings is 3. The highest BCUT2D eigenvalue weighted by Gasteiger charge is 2.31. The van der Waals surface area contributed by atoms with E-state index in [0.717, 1.165) is 27.8 Å². The lowest BCUT2D eigenvalue weighted by atomic mass is 10.1. The smallest absolute Gasteiger partial charge is 0.345 e. The Hall–Kier alpha value is -2.78. The van der Waals surface area contributed by atoms with E-state index in [1.54, 1.807) is 18.2 Å².